The summed E-state index contributed by atoms with van der Waals surface area (Å²) in [6.07, 6.45) is 5.78. The van der Waals surface area contributed by atoms with Crippen LogP contribution in [0, 0.1) is 0 Å². The molecule has 3 heterocycles. The molecule has 6 heteroatoms. The van der Waals surface area contributed by atoms with Crippen molar-refractivity contribution in [3.05, 3.63) is 78.5 Å². The summed E-state index contributed by atoms with van der Waals surface area (Å²) >= 11 is 0. The summed E-state index contributed by atoms with van der Waals surface area (Å²) in [5, 5.41) is 2.27. The lowest BCUT2D eigenvalue weighted by Gasteiger charge is -2.43. The summed E-state index contributed by atoms with van der Waals surface area (Å²) in [5.41, 5.74) is 3.51. The molecule has 132 valence electrons. The first-order valence-corrected chi connectivity index (χ1v) is 9.26. The van der Waals surface area contributed by atoms with Crippen LogP contribution < -0.4 is 14.8 Å². The molecule has 0 fully saturated rings. The van der Waals surface area contributed by atoms with Crippen molar-refractivity contribution in [3.8, 4) is 0 Å². The number of hydrogen-bond donors (Lipinski definition) is 0. The fourth-order valence-electron chi connectivity index (χ4n) is 4.02. The second-order valence-corrected chi connectivity index (χ2v) is 6.89. The molecule has 0 amide bonds. The lowest BCUT2D eigenvalue weighted by Crippen LogP contribution is -2.56. The summed E-state index contributed by atoms with van der Waals surface area (Å²) in [4.78, 5) is 14.0. The molecule has 3 aromatic rings. The Balaban J connectivity index is 1.66. The largest absolute Gasteiger partial charge is 0.322 e. The van der Waals surface area contributed by atoms with Gasteiger partial charge < -0.3 is 9.82 Å². The Labute approximate surface area is 159 Å². The van der Waals surface area contributed by atoms with Crippen molar-refractivity contribution in [2.75, 3.05) is 14.8 Å². The number of aromatic nitrogens is 2. The molecule has 5 nitrogen and oxygen atoms in total. The van der Waals surface area contributed by atoms with E-state index in [1.54, 1.807) is 12.4 Å². The molecule has 0 N–H and O–H groups in total. The summed E-state index contributed by atoms with van der Waals surface area (Å²) < 4.78 is 0. The van der Waals surface area contributed by atoms with Crippen molar-refractivity contribution in [2.45, 2.75) is 19.9 Å². The molecular weight excluding hydrogens is 333 g/mol. The fraction of sp³-hybridized carbons (Fsp3) is 0.143. The van der Waals surface area contributed by atoms with E-state index in [1.807, 2.05) is 6.07 Å². The molecule has 2 aliphatic heterocycles. The first-order valence-electron chi connectivity index (χ1n) is 9.26. The van der Waals surface area contributed by atoms with Gasteiger partial charge in [0.25, 0.3) is 0 Å². The minimum Gasteiger partial charge on any atom is -0.322 e. The average Bonchev–Trinajstić information content (AvgIpc) is 3.00. The van der Waals surface area contributed by atoms with Gasteiger partial charge in [-0.25, -0.2) is 9.97 Å². The molecule has 1 atom stereocenters. The Bertz CT molecular complexity index is 1010. The van der Waals surface area contributed by atoms with E-state index in [9.17, 15) is 0 Å². The third-order valence-electron chi connectivity index (χ3n) is 5.22. The minimum absolute atomic E-state index is 0.0480. The molecule has 1 aromatic heterocycles. The molecule has 2 aromatic carbocycles. The van der Waals surface area contributed by atoms with E-state index in [4.69, 9.17) is 4.98 Å². The SMILES string of the molecule is CB1C=Cc2ccccc2N1N1c2nccnc2N(c2ccccc2)[C@@H]1C. The van der Waals surface area contributed by atoms with E-state index in [0.29, 0.717) is 0 Å². The maximum atomic E-state index is 4.71. The van der Waals surface area contributed by atoms with Gasteiger partial charge in [0.15, 0.2) is 11.6 Å². The van der Waals surface area contributed by atoms with Crippen LogP contribution in [-0.4, -0.2) is 23.0 Å². The zero-order chi connectivity index (χ0) is 18.4. The van der Waals surface area contributed by atoms with E-state index in [-0.39, 0.29) is 13.0 Å². The van der Waals surface area contributed by atoms with Gasteiger partial charge in [-0.05, 0) is 30.7 Å². The lowest BCUT2D eigenvalue weighted by atomic mass is 9.61. The smallest absolute Gasteiger partial charge is 0.304 e. The normalized spacial score (nSPS) is 17.9. The maximum absolute atomic E-state index is 4.71. The first-order chi connectivity index (χ1) is 13.3. The lowest BCUT2D eigenvalue weighted by molar-refractivity contribution is 0.687. The number of benzene rings is 2. The first kappa shape index (κ1) is 15.9. The standard InChI is InChI=1S/C21H20BN5/c1-16-25(18-9-4-3-5-10-18)20-21(24-15-14-23-20)26(16)27-19-11-7-6-8-17(19)12-13-22(27)2/h3-16H,1-2H3/t16-/m0/s1. The van der Waals surface area contributed by atoms with Crippen molar-refractivity contribution >= 4 is 35.9 Å². The van der Waals surface area contributed by atoms with Gasteiger partial charge in [0.05, 0.1) is 5.69 Å². The third kappa shape index (κ3) is 2.40. The number of hydrazine groups is 1. The summed E-state index contributed by atoms with van der Waals surface area (Å²) in [6.45, 7) is 4.62. The number of anilines is 4. The highest BCUT2D eigenvalue weighted by molar-refractivity contribution is 6.69. The van der Waals surface area contributed by atoms with Crippen LogP contribution in [0.25, 0.3) is 6.08 Å². The summed E-state index contributed by atoms with van der Waals surface area (Å²) in [6, 6.07) is 18.9. The van der Waals surface area contributed by atoms with Crippen molar-refractivity contribution in [3.63, 3.8) is 0 Å². The predicted octanol–water partition coefficient (Wildman–Crippen LogP) is 4.39. The topological polar surface area (TPSA) is 35.5 Å². The van der Waals surface area contributed by atoms with Gasteiger partial charge in [0, 0.05) is 18.1 Å². The minimum atomic E-state index is 0.0480. The van der Waals surface area contributed by atoms with E-state index < -0.39 is 0 Å². The van der Waals surface area contributed by atoms with Crippen LogP contribution >= 0.6 is 0 Å². The van der Waals surface area contributed by atoms with Crippen LogP contribution in [0.2, 0.25) is 6.82 Å². The predicted molar refractivity (Wildman–Crippen MR) is 112 cm³/mol. The number of para-hydroxylation sites is 2. The molecule has 0 spiro atoms. The fourth-order valence-corrected chi connectivity index (χ4v) is 4.02. The van der Waals surface area contributed by atoms with Crippen molar-refractivity contribution < 1.29 is 0 Å². The van der Waals surface area contributed by atoms with Crippen molar-refractivity contribution in [1.29, 1.82) is 0 Å². The van der Waals surface area contributed by atoms with E-state index in [2.05, 4.69) is 94.1 Å². The molecule has 0 bridgehead atoms. The third-order valence-corrected chi connectivity index (χ3v) is 5.22. The highest BCUT2D eigenvalue weighted by Gasteiger charge is 2.42. The van der Waals surface area contributed by atoms with Crippen LogP contribution in [0.1, 0.15) is 12.5 Å². The zero-order valence-corrected chi connectivity index (χ0v) is 15.4. The summed E-state index contributed by atoms with van der Waals surface area (Å²) in [7, 11) is 0. The molecule has 2 aliphatic rings. The molecule has 0 radical (unpaired) electrons. The quantitative estimate of drug-likeness (QED) is 0.639. The second-order valence-electron chi connectivity index (χ2n) is 6.89. The highest BCUT2D eigenvalue weighted by atomic mass is 15.7. The van der Waals surface area contributed by atoms with Crippen LogP contribution in [0.15, 0.2) is 73.0 Å². The monoisotopic (exact) mass is 353 g/mol. The van der Waals surface area contributed by atoms with Crippen LogP contribution in [-0.2, 0) is 0 Å². The van der Waals surface area contributed by atoms with Crippen molar-refractivity contribution in [2.24, 2.45) is 0 Å². The van der Waals surface area contributed by atoms with Crippen molar-refractivity contribution in [1.82, 2.24) is 9.97 Å². The molecular formula is C21H20BN5. The Kier molecular flexibility index (Phi) is 3.64. The average molecular weight is 353 g/mol. The Morgan fingerprint density at radius 3 is 2.41 bits per heavy atom. The Morgan fingerprint density at radius 2 is 1.59 bits per heavy atom. The number of fused-ring (bicyclic) bond motifs is 2. The van der Waals surface area contributed by atoms with Gasteiger partial charge in [-0.3, -0.25) is 5.01 Å². The molecule has 27 heavy (non-hydrogen) atoms. The summed E-state index contributed by atoms with van der Waals surface area (Å²) in [5.74, 6) is 4.00. The number of hydrogen-bond acceptors (Lipinski definition) is 5. The molecule has 0 unspecified atom stereocenters. The van der Waals surface area contributed by atoms with Gasteiger partial charge in [0.2, 0.25) is 0 Å². The van der Waals surface area contributed by atoms with Crippen LogP contribution in [0.4, 0.5) is 23.0 Å². The molecule has 5 rings (SSSR count). The van der Waals surface area contributed by atoms with E-state index in [0.717, 1.165) is 17.3 Å². The van der Waals surface area contributed by atoms with Gasteiger partial charge in [-0.15, -0.1) is 0 Å². The van der Waals surface area contributed by atoms with Gasteiger partial charge in [0.1, 0.15) is 6.17 Å². The highest BCUT2D eigenvalue weighted by Crippen LogP contribution is 2.44. The van der Waals surface area contributed by atoms with Crippen LogP contribution in [0.5, 0.6) is 0 Å². The zero-order valence-electron chi connectivity index (χ0n) is 15.4. The van der Waals surface area contributed by atoms with E-state index >= 15 is 0 Å². The maximum Gasteiger partial charge on any atom is 0.304 e. The van der Waals surface area contributed by atoms with Gasteiger partial charge in [-0.2, -0.15) is 0 Å². The Hall–Kier alpha value is -3.28. The van der Waals surface area contributed by atoms with Gasteiger partial charge in [-0.1, -0.05) is 55.3 Å². The second kappa shape index (κ2) is 6.16. The van der Waals surface area contributed by atoms with E-state index in [1.165, 1.54) is 11.3 Å². The van der Waals surface area contributed by atoms with Gasteiger partial charge >= 0.3 is 6.85 Å². The number of nitrogens with zero attached hydrogens (tertiary/aromatic N) is 5. The molecule has 0 saturated heterocycles. The number of rotatable bonds is 2. The Morgan fingerprint density at radius 1 is 0.889 bits per heavy atom. The van der Waals surface area contributed by atoms with Crippen LogP contribution in [0.3, 0.4) is 0 Å². The molecule has 0 aliphatic carbocycles. The molecule has 0 saturated carbocycles.